The van der Waals surface area contributed by atoms with Gasteiger partial charge in [-0.15, -0.1) is 0 Å². The van der Waals surface area contributed by atoms with Crippen molar-refractivity contribution in [2.75, 3.05) is 5.32 Å². The van der Waals surface area contributed by atoms with Gasteiger partial charge in [0.2, 0.25) is 0 Å². The van der Waals surface area contributed by atoms with Crippen LogP contribution in [0.15, 0.2) is 46.8 Å². The number of rotatable bonds is 5. The van der Waals surface area contributed by atoms with Crippen molar-refractivity contribution in [3.8, 4) is 0 Å². The average Bonchev–Trinajstić information content (AvgIpc) is 3.00. The number of halogens is 2. The van der Waals surface area contributed by atoms with Gasteiger partial charge in [-0.2, -0.15) is 0 Å². The molecule has 1 amide bonds. The molecule has 0 atom stereocenters. The van der Waals surface area contributed by atoms with Gasteiger partial charge in [0.15, 0.2) is 15.0 Å². The molecule has 0 aliphatic rings. The van der Waals surface area contributed by atoms with Gasteiger partial charge < -0.3 is 0 Å². The zero-order valence-electron chi connectivity index (χ0n) is 13.9. The molecule has 6 nitrogen and oxygen atoms in total. The lowest BCUT2D eigenvalue weighted by molar-refractivity contribution is 0.102. The molecule has 0 radical (unpaired) electrons. The van der Waals surface area contributed by atoms with E-state index in [1.165, 1.54) is 19.2 Å². The highest BCUT2D eigenvalue weighted by atomic mass is 32.2. The second-order valence-electron chi connectivity index (χ2n) is 5.56. The molecular formula is C17H13F2N3O3S2. The molecule has 0 spiro atoms. The summed E-state index contributed by atoms with van der Waals surface area (Å²) in [6.07, 6.45) is 1.45. The normalized spacial score (nSPS) is 11.4. The molecule has 0 saturated carbocycles. The van der Waals surface area contributed by atoms with Crippen molar-refractivity contribution in [2.24, 2.45) is 0 Å². The fraction of sp³-hybridized carbons (Fsp3) is 0.118. The molecule has 0 unspecified atom stereocenters. The predicted molar refractivity (Wildman–Crippen MR) is 96.3 cm³/mol. The highest BCUT2D eigenvalue weighted by molar-refractivity contribution is 7.92. The summed E-state index contributed by atoms with van der Waals surface area (Å²) in [6.45, 7) is 1.46. The van der Waals surface area contributed by atoms with Crippen molar-refractivity contribution in [2.45, 2.75) is 16.9 Å². The number of amides is 1. The summed E-state index contributed by atoms with van der Waals surface area (Å²) in [4.78, 5) is 20.0. The Morgan fingerprint density at radius 1 is 1.22 bits per heavy atom. The number of carbonyl (C=O) groups is 1. The topological polar surface area (TPSA) is 89.0 Å². The largest absolute Gasteiger partial charge is 0.296 e. The molecular weight excluding hydrogens is 396 g/mol. The summed E-state index contributed by atoms with van der Waals surface area (Å²) in [5, 5.41) is 2.55. The molecule has 140 valence electrons. The van der Waals surface area contributed by atoms with Gasteiger partial charge in [0.1, 0.15) is 21.5 Å². The molecule has 0 aliphatic heterocycles. The van der Waals surface area contributed by atoms with E-state index in [9.17, 15) is 22.0 Å². The summed E-state index contributed by atoms with van der Waals surface area (Å²) >= 11 is 0.744. The van der Waals surface area contributed by atoms with Crippen LogP contribution in [0.3, 0.4) is 0 Å². The maximum Gasteiger partial charge on any atom is 0.276 e. The second kappa shape index (κ2) is 7.49. The quantitative estimate of drug-likeness (QED) is 0.698. The van der Waals surface area contributed by atoms with Crippen molar-refractivity contribution in [3.05, 3.63) is 71.2 Å². The summed E-state index contributed by atoms with van der Waals surface area (Å²) in [7, 11) is -3.98. The first kappa shape index (κ1) is 19.1. The Morgan fingerprint density at radius 3 is 2.70 bits per heavy atom. The first-order valence-corrected chi connectivity index (χ1v) is 10.1. The summed E-state index contributed by atoms with van der Waals surface area (Å²) in [5.41, 5.74) is 0.0339. The lowest BCUT2D eigenvalue weighted by atomic mass is 10.2. The van der Waals surface area contributed by atoms with Gasteiger partial charge in [0.05, 0.1) is 11.4 Å². The molecule has 0 bridgehead atoms. The van der Waals surface area contributed by atoms with Gasteiger partial charge in [0, 0.05) is 11.8 Å². The number of sulfone groups is 1. The number of benzene rings is 1. The number of nitrogens with one attached hydrogen (secondary N) is 1. The first-order chi connectivity index (χ1) is 12.8. The lowest BCUT2D eigenvalue weighted by Crippen LogP contribution is -2.13. The number of aryl methyl sites for hydroxylation is 1. The molecule has 3 rings (SSSR count). The fourth-order valence-corrected chi connectivity index (χ4v) is 5.18. The molecule has 27 heavy (non-hydrogen) atoms. The van der Waals surface area contributed by atoms with Crippen LogP contribution in [-0.2, 0) is 15.6 Å². The molecule has 2 heterocycles. The van der Waals surface area contributed by atoms with E-state index in [1.807, 2.05) is 0 Å². The minimum absolute atomic E-state index is 0.0708. The van der Waals surface area contributed by atoms with Gasteiger partial charge in [-0.05, 0) is 37.3 Å². The Balaban J connectivity index is 1.85. The summed E-state index contributed by atoms with van der Waals surface area (Å²) in [6, 6.07) is 7.42. The van der Waals surface area contributed by atoms with E-state index in [2.05, 4.69) is 15.3 Å². The Labute approximate surface area is 157 Å². The summed E-state index contributed by atoms with van der Waals surface area (Å²) in [5.74, 6) is -2.80. The van der Waals surface area contributed by atoms with E-state index in [1.54, 1.807) is 12.1 Å². The van der Waals surface area contributed by atoms with Crippen molar-refractivity contribution in [1.29, 1.82) is 0 Å². The Kier molecular flexibility index (Phi) is 5.29. The van der Waals surface area contributed by atoms with E-state index in [4.69, 9.17) is 0 Å². The average molecular weight is 409 g/mol. The minimum Gasteiger partial charge on any atom is -0.296 e. The third-order valence-corrected chi connectivity index (χ3v) is 6.94. The third-order valence-electron chi connectivity index (χ3n) is 3.51. The smallest absolute Gasteiger partial charge is 0.276 e. The maximum absolute atomic E-state index is 13.8. The molecule has 1 aromatic carbocycles. The van der Waals surface area contributed by atoms with E-state index in [-0.39, 0.29) is 26.3 Å². The van der Waals surface area contributed by atoms with Crippen LogP contribution in [0.4, 0.5) is 13.9 Å². The van der Waals surface area contributed by atoms with E-state index in [0.717, 1.165) is 29.5 Å². The zero-order valence-corrected chi connectivity index (χ0v) is 15.6. The monoisotopic (exact) mass is 409 g/mol. The van der Waals surface area contributed by atoms with Crippen LogP contribution in [-0.4, -0.2) is 24.3 Å². The van der Waals surface area contributed by atoms with Gasteiger partial charge in [-0.3, -0.25) is 15.1 Å². The second-order valence-corrected chi connectivity index (χ2v) is 8.74. The van der Waals surface area contributed by atoms with Crippen LogP contribution in [0.1, 0.15) is 21.7 Å². The fourth-order valence-electron chi connectivity index (χ4n) is 2.31. The van der Waals surface area contributed by atoms with Crippen molar-refractivity contribution in [3.63, 3.8) is 0 Å². The lowest BCUT2D eigenvalue weighted by Gasteiger charge is -2.04. The molecule has 0 aliphatic carbocycles. The van der Waals surface area contributed by atoms with Gasteiger partial charge >= 0.3 is 0 Å². The maximum atomic E-state index is 13.8. The van der Waals surface area contributed by atoms with Crippen molar-refractivity contribution in [1.82, 2.24) is 9.97 Å². The first-order valence-electron chi connectivity index (χ1n) is 7.63. The van der Waals surface area contributed by atoms with E-state index in [0.29, 0.717) is 0 Å². The third kappa shape index (κ3) is 4.34. The van der Waals surface area contributed by atoms with E-state index < -0.39 is 33.1 Å². The summed E-state index contributed by atoms with van der Waals surface area (Å²) < 4.78 is 52.2. The van der Waals surface area contributed by atoms with Crippen molar-refractivity contribution >= 4 is 32.2 Å². The minimum atomic E-state index is -3.98. The van der Waals surface area contributed by atoms with E-state index >= 15 is 0 Å². The molecule has 3 aromatic rings. The number of thiazole rings is 1. The Bertz CT molecular complexity index is 1100. The molecule has 0 fully saturated rings. The number of nitrogens with zero attached hydrogens (tertiary/aromatic N) is 2. The number of anilines is 1. The van der Waals surface area contributed by atoms with Gasteiger partial charge in [0.25, 0.3) is 5.91 Å². The Hall–Kier alpha value is -2.72. The van der Waals surface area contributed by atoms with Gasteiger partial charge in [-0.1, -0.05) is 17.4 Å². The number of carbonyl (C=O) groups excluding carboxylic acids is 1. The predicted octanol–water partition coefficient (Wildman–Crippen LogP) is 3.35. The number of hydrogen-bond donors (Lipinski definition) is 1. The number of hydrogen-bond acceptors (Lipinski definition) is 6. The van der Waals surface area contributed by atoms with Gasteiger partial charge in [-0.25, -0.2) is 22.2 Å². The SMILES string of the molecule is Cc1nc(NC(=O)c2ccccn2)sc1S(=O)(=O)Cc1cc(F)ccc1F. The van der Waals surface area contributed by atoms with Crippen molar-refractivity contribution < 1.29 is 22.0 Å². The van der Waals surface area contributed by atoms with Crippen LogP contribution in [0.25, 0.3) is 0 Å². The van der Waals surface area contributed by atoms with Crippen LogP contribution < -0.4 is 5.32 Å². The molecule has 10 heteroatoms. The van der Waals surface area contributed by atoms with Crippen LogP contribution >= 0.6 is 11.3 Å². The highest BCUT2D eigenvalue weighted by Gasteiger charge is 2.25. The molecule has 1 N–H and O–H groups in total. The zero-order chi connectivity index (χ0) is 19.6. The van der Waals surface area contributed by atoms with Crippen LogP contribution in [0.5, 0.6) is 0 Å². The Morgan fingerprint density at radius 2 is 2.00 bits per heavy atom. The molecule has 0 saturated heterocycles. The van der Waals surface area contributed by atoms with Crippen LogP contribution in [0.2, 0.25) is 0 Å². The van der Waals surface area contributed by atoms with Crippen LogP contribution in [0, 0.1) is 18.6 Å². The molecule has 2 aromatic heterocycles. The number of pyridine rings is 1. The standard InChI is InChI=1S/C17H13F2N3O3S2/c1-10-16(27(24,25)9-11-8-12(18)5-6-13(11)19)26-17(21-10)22-15(23)14-4-2-3-7-20-14/h2-8H,9H2,1H3,(H,21,22,23). The highest BCUT2D eigenvalue weighted by Crippen LogP contribution is 2.30. The number of aromatic nitrogens is 2.